The van der Waals surface area contributed by atoms with E-state index in [0.717, 1.165) is 22.2 Å². The van der Waals surface area contributed by atoms with Crippen LogP contribution in [0.4, 0.5) is 20.2 Å². The predicted octanol–water partition coefficient (Wildman–Crippen LogP) is 4.26. The van der Waals surface area contributed by atoms with E-state index in [-0.39, 0.29) is 17.1 Å². The number of anilines is 2. The lowest BCUT2D eigenvalue weighted by molar-refractivity contribution is 0.0985. The van der Waals surface area contributed by atoms with Crippen molar-refractivity contribution in [2.45, 2.75) is 6.92 Å². The van der Waals surface area contributed by atoms with Crippen molar-refractivity contribution in [3.63, 3.8) is 0 Å². The molecule has 6 nitrogen and oxygen atoms in total. The number of hydrogen-bond donors (Lipinski definition) is 3. The highest BCUT2D eigenvalue weighted by atomic mass is 79.9. The lowest BCUT2D eigenvalue weighted by atomic mass is 10.2. The SMILES string of the molecule is Cc1ccc(Br)cc1NC(=O)c1nc[nH]c1C(=O)Nc1ccc(F)c(F)c1. The number of rotatable bonds is 4. The molecule has 0 bridgehead atoms. The highest BCUT2D eigenvalue weighted by molar-refractivity contribution is 9.10. The first-order valence-electron chi connectivity index (χ1n) is 7.72. The zero-order valence-electron chi connectivity index (χ0n) is 13.9. The fraction of sp³-hybridized carbons (Fsp3) is 0.0556. The van der Waals surface area contributed by atoms with Crippen LogP contribution in [0.2, 0.25) is 0 Å². The molecule has 27 heavy (non-hydrogen) atoms. The van der Waals surface area contributed by atoms with Crippen molar-refractivity contribution in [3.05, 3.63) is 75.8 Å². The van der Waals surface area contributed by atoms with E-state index in [2.05, 4.69) is 36.5 Å². The Balaban J connectivity index is 1.80. The molecule has 0 atom stereocenters. The minimum atomic E-state index is -1.10. The van der Waals surface area contributed by atoms with Crippen LogP contribution in [-0.4, -0.2) is 21.8 Å². The standard InChI is InChI=1S/C18H13BrF2N4O2/c1-9-2-3-10(19)6-14(9)25-18(27)16-15(22-8-23-16)17(26)24-11-4-5-12(20)13(21)7-11/h2-8H,1H3,(H,22,23)(H,24,26)(H,25,27). The van der Waals surface area contributed by atoms with Gasteiger partial charge in [0.25, 0.3) is 11.8 Å². The molecule has 0 radical (unpaired) electrons. The number of benzene rings is 2. The van der Waals surface area contributed by atoms with Gasteiger partial charge in [0, 0.05) is 21.9 Å². The smallest absolute Gasteiger partial charge is 0.276 e. The number of H-pyrrole nitrogens is 1. The first-order chi connectivity index (χ1) is 12.8. The summed E-state index contributed by atoms with van der Waals surface area (Å²) in [5, 5.41) is 5.08. The topological polar surface area (TPSA) is 86.9 Å². The summed E-state index contributed by atoms with van der Waals surface area (Å²) < 4.78 is 27.0. The van der Waals surface area contributed by atoms with Crippen molar-refractivity contribution >= 4 is 39.1 Å². The number of hydrogen-bond acceptors (Lipinski definition) is 3. The summed E-state index contributed by atoms with van der Waals surface area (Å²) >= 11 is 3.33. The summed E-state index contributed by atoms with van der Waals surface area (Å²) in [6, 6.07) is 8.31. The van der Waals surface area contributed by atoms with E-state index in [1.807, 2.05) is 19.1 Å². The Hall–Kier alpha value is -3.07. The Morgan fingerprint density at radius 2 is 1.81 bits per heavy atom. The number of amides is 2. The minimum Gasteiger partial charge on any atom is -0.340 e. The van der Waals surface area contributed by atoms with Gasteiger partial charge in [-0.15, -0.1) is 0 Å². The molecule has 3 rings (SSSR count). The fourth-order valence-corrected chi connectivity index (χ4v) is 2.68. The molecule has 3 aromatic rings. The van der Waals surface area contributed by atoms with Crippen molar-refractivity contribution in [2.24, 2.45) is 0 Å². The van der Waals surface area contributed by atoms with E-state index in [1.165, 1.54) is 12.4 Å². The highest BCUT2D eigenvalue weighted by Crippen LogP contribution is 2.22. The molecule has 0 unspecified atom stereocenters. The molecule has 0 saturated heterocycles. The van der Waals surface area contributed by atoms with Gasteiger partial charge in [-0.05, 0) is 36.8 Å². The van der Waals surface area contributed by atoms with E-state index in [9.17, 15) is 18.4 Å². The summed E-state index contributed by atoms with van der Waals surface area (Å²) in [6.07, 6.45) is 1.20. The Morgan fingerprint density at radius 1 is 1.04 bits per heavy atom. The molecule has 9 heteroatoms. The lowest BCUT2D eigenvalue weighted by Gasteiger charge is -2.09. The molecule has 2 aromatic carbocycles. The van der Waals surface area contributed by atoms with E-state index in [4.69, 9.17) is 0 Å². The van der Waals surface area contributed by atoms with E-state index in [0.29, 0.717) is 5.69 Å². The van der Waals surface area contributed by atoms with Crippen LogP contribution in [0.1, 0.15) is 26.5 Å². The second-order valence-corrected chi connectivity index (χ2v) is 6.54. The summed E-state index contributed by atoms with van der Waals surface area (Å²) in [5.41, 5.74) is 1.20. The minimum absolute atomic E-state index is 0.0442. The summed E-state index contributed by atoms with van der Waals surface area (Å²) in [5.74, 6) is -3.43. The van der Waals surface area contributed by atoms with Crippen LogP contribution in [0.15, 0.2) is 47.2 Å². The number of nitrogens with zero attached hydrogens (tertiary/aromatic N) is 1. The first-order valence-corrected chi connectivity index (χ1v) is 8.51. The molecular formula is C18H13BrF2N4O2. The van der Waals surface area contributed by atoms with Crippen LogP contribution in [0.3, 0.4) is 0 Å². The summed E-state index contributed by atoms with van der Waals surface area (Å²) in [4.78, 5) is 31.4. The van der Waals surface area contributed by atoms with Gasteiger partial charge in [-0.3, -0.25) is 9.59 Å². The maximum absolute atomic E-state index is 13.3. The van der Waals surface area contributed by atoms with Crippen LogP contribution in [-0.2, 0) is 0 Å². The fourth-order valence-electron chi connectivity index (χ4n) is 2.32. The molecular weight excluding hydrogens is 422 g/mol. The third-order valence-electron chi connectivity index (χ3n) is 3.71. The van der Waals surface area contributed by atoms with E-state index < -0.39 is 23.4 Å². The van der Waals surface area contributed by atoms with Crippen molar-refractivity contribution in [3.8, 4) is 0 Å². The molecule has 0 aliphatic rings. The summed E-state index contributed by atoms with van der Waals surface area (Å²) in [7, 11) is 0. The molecule has 0 saturated carbocycles. The number of aromatic nitrogens is 2. The van der Waals surface area contributed by atoms with E-state index in [1.54, 1.807) is 6.07 Å². The first kappa shape index (κ1) is 18.7. The van der Waals surface area contributed by atoms with Gasteiger partial charge < -0.3 is 15.6 Å². The third-order valence-corrected chi connectivity index (χ3v) is 4.20. The van der Waals surface area contributed by atoms with Crippen molar-refractivity contribution < 1.29 is 18.4 Å². The van der Waals surface area contributed by atoms with Gasteiger partial charge in [0.2, 0.25) is 0 Å². The number of carbonyl (C=O) groups is 2. The van der Waals surface area contributed by atoms with Gasteiger partial charge in [-0.2, -0.15) is 0 Å². The van der Waals surface area contributed by atoms with E-state index >= 15 is 0 Å². The van der Waals surface area contributed by atoms with Crippen molar-refractivity contribution in [2.75, 3.05) is 10.6 Å². The quantitative estimate of drug-likeness (QED) is 0.573. The van der Waals surface area contributed by atoms with Gasteiger partial charge >= 0.3 is 0 Å². The molecule has 1 heterocycles. The number of nitrogens with one attached hydrogen (secondary N) is 3. The largest absolute Gasteiger partial charge is 0.340 e. The third kappa shape index (κ3) is 4.20. The second kappa shape index (κ2) is 7.67. The average Bonchev–Trinajstić information content (AvgIpc) is 3.11. The molecule has 2 amide bonds. The maximum atomic E-state index is 13.3. The molecule has 0 spiro atoms. The van der Waals surface area contributed by atoms with Gasteiger partial charge in [0.05, 0.1) is 6.33 Å². The molecule has 138 valence electrons. The number of aromatic amines is 1. The Bertz CT molecular complexity index is 1040. The molecule has 0 fully saturated rings. The van der Waals surface area contributed by atoms with Crippen molar-refractivity contribution in [1.82, 2.24) is 9.97 Å². The Kier molecular flexibility index (Phi) is 5.31. The second-order valence-electron chi connectivity index (χ2n) is 5.62. The summed E-state index contributed by atoms with van der Waals surface area (Å²) in [6.45, 7) is 1.82. The number of carbonyl (C=O) groups excluding carboxylic acids is 2. The van der Waals surface area contributed by atoms with Gasteiger partial charge in [-0.1, -0.05) is 22.0 Å². The zero-order chi connectivity index (χ0) is 19.6. The predicted molar refractivity (Wildman–Crippen MR) is 99.7 cm³/mol. The zero-order valence-corrected chi connectivity index (χ0v) is 15.5. The molecule has 0 aliphatic heterocycles. The maximum Gasteiger partial charge on any atom is 0.276 e. The van der Waals surface area contributed by atoms with Crippen LogP contribution < -0.4 is 10.6 Å². The van der Waals surface area contributed by atoms with Crippen LogP contribution >= 0.6 is 15.9 Å². The molecule has 0 aliphatic carbocycles. The average molecular weight is 435 g/mol. The van der Waals surface area contributed by atoms with Gasteiger partial charge in [0.15, 0.2) is 17.3 Å². The van der Waals surface area contributed by atoms with Crippen LogP contribution in [0, 0.1) is 18.6 Å². The molecule has 3 N–H and O–H groups in total. The van der Waals surface area contributed by atoms with Crippen LogP contribution in [0.5, 0.6) is 0 Å². The molecule has 1 aromatic heterocycles. The van der Waals surface area contributed by atoms with Gasteiger partial charge in [0.1, 0.15) is 5.69 Å². The highest BCUT2D eigenvalue weighted by Gasteiger charge is 2.21. The Morgan fingerprint density at radius 3 is 2.56 bits per heavy atom. The van der Waals surface area contributed by atoms with Crippen molar-refractivity contribution in [1.29, 1.82) is 0 Å². The number of aryl methyl sites for hydroxylation is 1. The number of imidazole rings is 1. The monoisotopic (exact) mass is 434 g/mol. The lowest BCUT2D eigenvalue weighted by Crippen LogP contribution is -2.20. The van der Waals surface area contributed by atoms with Gasteiger partial charge in [-0.25, -0.2) is 13.8 Å². The normalized spacial score (nSPS) is 10.5. The van der Waals surface area contributed by atoms with Crippen LogP contribution in [0.25, 0.3) is 0 Å². The Labute approximate surface area is 161 Å². The number of halogens is 3.